The van der Waals surface area contributed by atoms with E-state index in [1.54, 1.807) is 6.07 Å². The fraction of sp³-hybridized carbons (Fsp3) is 0.538. The number of aryl methyl sites for hydroxylation is 1. The number of halogens is 4. The van der Waals surface area contributed by atoms with E-state index in [9.17, 15) is 18.0 Å². The third kappa shape index (κ3) is 3.40. The molecular weight excluding hydrogens is 307 g/mol. The molecule has 8 heteroatoms. The summed E-state index contributed by atoms with van der Waals surface area (Å²) in [6.07, 6.45) is -5.25. The lowest BCUT2D eigenvalue weighted by molar-refractivity contribution is -0.155. The van der Waals surface area contributed by atoms with Crippen molar-refractivity contribution in [2.24, 2.45) is 12.5 Å². The van der Waals surface area contributed by atoms with Gasteiger partial charge in [-0.3, -0.25) is 9.13 Å². The number of aromatic nitrogens is 3. The number of alkyl halides is 3. The molecule has 0 saturated heterocycles. The van der Waals surface area contributed by atoms with Crippen molar-refractivity contribution in [1.29, 1.82) is 0 Å². The Balaban J connectivity index is 2.48. The van der Waals surface area contributed by atoms with Crippen molar-refractivity contribution < 1.29 is 13.2 Å². The van der Waals surface area contributed by atoms with E-state index in [0.29, 0.717) is 11.2 Å². The Labute approximate surface area is 124 Å². The van der Waals surface area contributed by atoms with Crippen LogP contribution in [0.5, 0.6) is 0 Å². The van der Waals surface area contributed by atoms with Crippen molar-refractivity contribution in [1.82, 2.24) is 14.1 Å². The Hall–Kier alpha value is -1.50. The SMILES string of the molecule is Cn1c(=O)n(CC(C)(C)CC(F)(F)F)c2ccc(Cl)nc21. The largest absolute Gasteiger partial charge is 0.389 e. The van der Waals surface area contributed by atoms with E-state index in [-0.39, 0.29) is 11.7 Å². The number of nitrogens with zero attached hydrogens (tertiary/aromatic N) is 3. The minimum absolute atomic E-state index is 0.0496. The molecule has 0 aliphatic carbocycles. The van der Waals surface area contributed by atoms with E-state index in [1.807, 2.05) is 0 Å². The topological polar surface area (TPSA) is 39.8 Å². The highest BCUT2D eigenvalue weighted by Gasteiger charge is 2.37. The minimum Gasteiger partial charge on any atom is -0.290 e. The summed E-state index contributed by atoms with van der Waals surface area (Å²) in [5, 5.41) is 0.227. The van der Waals surface area contributed by atoms with Gasteiger partial charge in [0, 0.05) is 13.6 Å². The van der Waals surface area contributed by atoms with Gasteiger partial charge in [0.05, 0.1) is 11.9 Å². The van der Waals surface area contributed by atoms with Gasteiger partial charge in [0.25, 0.3) is 0 Å². The van der Waals surface area contributed by atoms with Crippen molar-refractivity contribution >= 4 is 22.8 Å². The van der Waals surface area contributed by atoms with Gasteiger partial charge in [0.2, 0.25) is 0 Å². The summed E-state index contributed by atoms with van der Waals surface area (Å²) in [5.74, 6) is 0. The van der Waals surface area contributed by atoms with Gasteiger partial charge in [-0.2, -0.15) is 13.2 Å². The standard InChI is InChI=1S/C13H15ClF3N3O/c1-12(2,6-13(15,16)17)7-20-8-4-5-9(14)18-10(8)19(3)11(20)21/h4-5H,6-7H2,1-3H3. The number of rotatable bonds is 3. The van der Waals surface area contributed by atoms with E-state index < -0.39 is 23.7 Å². The van der Waals surface area contributed by atoms with E-state index in [2.05, 4.69) is 4.98 Å². The molecule has 2 aromatic rings. The van der Waals surface area contributed by atoms with Crippen molar-refractivity contribution in [2.75, 3.05) is 0 Å². The maximum atomic E-state index is 12.6. The zero-order chi connectivity index (χ0) is 16.0. The zero-order valence-corrected chi connectivity index (χ0v) is 12.6. The Bertz CT molecular complexity index is 731. The van der Waals surface area contributed by atoms with Crippen molar-refractivity contribution in [3.05, 3.63) is 27.8 Å². The summed E-state index contributed by atoms with van der Waals surface area (Å²) in [4.78, 5) is 16.3. The molecule has 0 aliphatic rings. The van der Waals surface area contributed by atoms with E-state index in [0.717, 1.165) is 0 Å². The molecule has 0 bridgehead atoms. The maximum Gasteiger partial charge on any atom is 0.389 e. The van der Waals surface area contributed by atoms with Gasteiger partial charge in [0.1, 0.15) is 5.15 Å². The van der Waals surface area contributed by atoms with Gasteiger partial charge < -0.3 is 0 Å². The second-order valence-electron chi connectivity index (χ2n) is 5.86. The van der Waals surface area contributed by atoms with Crippen molar-refractivity contribution in [3.8, 4) is 0 Å². The first-order chi connectivity index (χ1) is 9.50. The summed E-state index contributed by atoms with van der Waals surface area (Å²) in [6, 6.07) is 3.10. The van der Waals surface area contributed by atoms with Crippen LogP contribution >= 0.6 is 11.6 Å². The summed E-state index contributed by atoms with van der Waals surface area (Å²) < 4.78 is 40.4. The molecule has 2 aromatic heterocycles. The van der Waals surface area contributed by atoms with Gasteiger partial charge in [0.15, 0.2) is 5.65 Å². The van der Waals surface area contributed by atoms with Crippen LogP contribution in [0.1, 0.15) is 20.3 Å². The molecule has 0 unspecified atom stereocenters. The fourth-order valence-electron chi connectivity index (χ4n) is 2.43. The molecule has 0 fully saturated rings. The molecule has 21 heavy (non-hydrogen) atoms. The number of fused-ring (bicyclic) bond motifs is 1. The van der Waals surface area contributed by atoms with Crippen LogP contribution in [0.2, 0.25) is 5.15 Å². The Morgan fingerprint density at radius 2 is 1.90 bits per heavy atom. The molecule has 0 amide bonds. The van der Waals surface area contributed by atoms with Crippen LogP contribution in [0.4, 0.5) is 13.2 Å². The van der Waals surface area contributed by atoms with E-state index in [4.69, 9.17) is 11.6 Å². The molecule has 2 rings (SSSR count). The average molecular weight is 322 g/mol. The maximum absolute atomic E-state index is 12.6. The van der Waals surface area contributed by atoms with Gasteiger partial charge in [-0.15, -0.1) is 0 Å². The first kappa shape index (κ1) is 15.9. The second-order valence-corrected chi connectivity index (χ2v) is 6.25. The van der Waals surface area contributed by atoms with Gasteiger partial charge in [-0.1, -0.05) is 25.4 Å². The van der Waals surface area contributed by atoms with E-state index >= 15 is 0 Å². The van der Waals surface area contributed by atoms with Crippen molar-refractivity contribution in [2.45, 2.75) is 33.0 Å². The lowest BCUT2D eigenvalue weighted by atomic mass is 9.89. The highest BCUT2D eigenvalue weighted by atomic mass is 35.5. The second kappa shape index (κ2) is 5.05. The molecular formula is C13H15ClF3N3O. The van der Waals surface area contributed by atoms with Crippen LogP contribution < -0.4 is 5.69 Å². The molecule has 4 nitrogen and oxygen atoms in total. The third-order valence-corrected chi connectivity index (χ3v) is 3.42. The third-order valence-electron chi connectivity index (χ3n) is 3.21. The summed E-state index contributed by atoms with van der Waals surface area (Å²) in [5.41, 5.74) is -0.678. The van der Waals surface area contributed by atoms with Gasteiger partial charge in [-0.05, 0) is 17.5 Å². The Morgan fingerprint density at radius 3 is 2.48 bits per heavy atom. The number of imidazole rings is 1. The van der Waals surface area contributed by atoms with Crippen LogP contribution in [0, 0.1) is 5.41 Å². The van der Waals surface area contributed by atoms with Crippen molar-refractivity contribution in [3.63, 3.8) is 0 Å². The molecule has 0 radical (unpaired) electrons. The lowest BCUT2D eigenvalue weighted by Gasteiger charge is -2.26. The smallest absolute Gasteiger partial charge is 0.290 e. The quantitative estimate of drug-likeness (QED) is 0.813. The van der Waals surface area contributed by atoms with Crippen LogP contribution in [-0.2, 0) is 13.6 Å². The molecule has 0 atom stereocenters. The first-order valence-electron chi connectivity index (χ1n) is 6.29. The number of hydrogen-bond acceptors (Lipinski definition) is 2. The van der Waals surface area contributed by atoms with E-state index in [1.165, 1.54) is 36.1 Å². The predicted octanol–water partition coefficient (Wildman–Crippen LogP) is 3.37. The molecule has 116 valence electrons. The number of pyridine rings is 1. The minimum atomic E-state index is -4.28. The van der Waals surface area contributed by atoms with Crippen LogP contribution in [-0.4, -0.2) is 20.3 Å². The molecule has 0 aliphatic heterocycles. The lowest BCUT2D eigenvalue weighted by Crippen LogP contribution is -2.32. The summed E-state index contributed by atoms with van der Waals surface area (Å²) in [7, 11) is 1.52. The van der Waals surface area contributed by atoms with Crippen LogP contribution in [0.15, 0.2) is 16.9 Å². The Kier molecular flexibility index (Phi) is 3.82. The molecule has 0 N–H and O–H groups in total. The zero-order valence-electron chi connectivity index (χ0n) is 11.8. The fourth-order valence-corrected chi connectivity index (χ4v) is 2.57. The Morgan fingerprint density at radius 1 is 1.29 bits per heavy atom. The van der Waals surface area contributed by atoms with Crippen LogP contribution in [0.3, 0.4) is 0 Å². The summed E-state index contributed by atoms with van der Waals surface area (Å²) in [6.45, 7) is 2.91. The molecule has 0 saturated carbocycles. The van der Waals surface area contributed by atoms with Crippen LogP contribution in [0.25, 0.3) is 11.2 Å². The average Bonchev–Trinajstić information content (AvgIpc) is 2.51. The highest BCUT2D eigenvalue weighted by Crippen LogP contribution is 2.34. The monoisotopic (exact) mass is 321 g/mol. The first-order valence-corrected chi connectivity index (χ1v) is 6.66. The molecule has 2 heterocycles. The summed E-state index contributed by atoms with van der Waals surface area (Å²) >= 11 is 5.79. The predicted molar refractivity (Wildman–Crippen MR) is 74.4 cm³/mol. The van der Waals surface area contributed by atoms with Gasteiger partial charge >= 0.3 is 11.9 Å². The molecule has 0 aromatic carbocycles. The molecule has 0 spiro atoms. The number of hydrogen-bond donors (Lipinski definition) is 0. The van der Waals surface area contributed by atoms with Gasteiger partial charge in [-0.25, -0.2) is 9.78 Å². The normalized spacial score (nSPS) is 13.1. The highest BCUT2D eigenvalue weighted by molar-refractivity contribution is 6.29.